The molecule has 6 nitrogen and oxygen atoms in total. The summed E-state index contributed by atoms with van der Waals surface area (Å²) >= 11 is 0. The van der Waals surface area contributed by atoms with Crippen LogP contribution < -0.4 is 10.6 Å². The molecule has 1 aromatic heterocycles. The lowest BCUT2D eigenvalue weighted by Gasteiger charge is -2.26. The fourth-order valence-corrected chi connectivity index (χ4v) is 3.15. The first-order valence-electron chi connectivity index (χ1n) is 8.13. The lowest BCUT2D eigenvalue weighted by Crippen LogP contribution is -2.39. The number of nitrogens with one attached hydrogen (secondary N) is 2. The van der Waals surface area contributed by atoms with E-state index in [-0.39, 0.29) is 24.0 Å². The molecule has 3 rings (SSSR count). The Morgan fingerprint density at radius 3 is 2.92 bits per heavy atom. The Balaban J connectivity index is 0.00000208. The monoisotopic (exact) mass is 440 g/mol. The Morgan fingerprint density at radius 1 is 1.33 bits per heavy atom. The molecule has 2 N–H and O–H groups in total. The number of rotatable bonds is 4. The van der Waals surface area contributed by atoms with Gasteiger partial charge in [-0.25, -0.2) is 4.98 Å². The minimum absolute atomic E-state index is 0. The summed E-state index contributed by atoms with van der Waals surface area (Å²) in [5.41, 5.74) is 2.97. The molecule has 0 saturated heterocycles. The van der Waals surface area contributed by atoms with Crippen LogP contribution in [0, 0.1) is 0 Å². The van der Waals surface area contributed by atoms with Crippen LogP contribution in [0.1, 0.15) is 35.7 Å². The van der Waals surface area contributed by atoms with Gasteiger partial charge in [0.25, 0.3) is 0 Å². The average Bonchev–Trinajstić information content (AvgIpc) is 3.00. The van der Waals surface area contributed by atoms with Crippen LogP contribution in [0.3, 0.4) is 0 Å². The van der Waals surface area contributed by atoms with Gasteiger partial charge in [0, 0.05) is 26.6 Å². The highest BCUT2D eigenvalue weighted by molar-refractivity contribution is 14.0. The van der Waals surface area contributed by atoms with E-state index in [9.17, 15) is 0 Å². The molecule has 1 aliphatic carbocycles. The minimum atomic E-state index is 0. The molecule has 2 aromatic rings. The molecule has 1 aliphatic rings. The van der Waals surface area contributed by atoms with Gasteiger partial charge in [0.05, 0.1) is 6.54 Å². The summed E-state index contributed by atoms with van der Waals surface area (Å²) in [6.45, 7) is 1.51. The van der Waals surface area contributed by atoms with E-state index in [2.05, 4.69) is 50.0 Å². The molecule has 0 fully saturated rings. The second-order valence-electron chi connectivity index (χ2n) is 5.89. The van der Waals surface area contributed by atoms with Crippen molar-refractivity contribution in [2.75, 3.05) is 13.6 Å². The van der Waals surface area contributed by atoms with Crippen molar-refractivity contribution in [1.29, 1.82) is 0 Å². The third-order valence-corrected chi connectivity index (χ3v) is 4.45. The van der Waals surface area contributed by atoms with E-state index in [1.807, 2.05) is 7.05 Å². The zero-order valence-corrected chi connectivity index (χ0v) is 16.5. The maximum atomic E-state index is 4.29. The number of aryl methyl sites for hydroxylation is 2. The van der Waals surface area contributed by atoms with Gasteiger partial charge in [-0.3, -0.25) is 9.67 Å². The van der Waals surface area contributed by atoms with E-state index in [4.69, 9.17) is 0 Å². The predicted molar refractivity (Wildman–Crippen MR) is 107 cm³/mol. The number of fused-ring (bicyclic) bond motifs is 1. The molecule has 1 unspecified atom stereocenters. The number of hydrogen-bond acceptors (Lipinski definition) is 3. The lowest BCUT2D eigenvalue weighted by atomic mass is 9.83. The number of aliphatic imine (C=N–C) groups is 1. The van der Waals surface area contributed by atoms with Gasteiger partial charge < -0.3 is 10.6 Å². The lowest BCUT2D eigenvalue weighted by molar-refractivity contribution is 0.539. The second kappa shape index (κ2) is 9.00. The normalized spacial score (nSPS) is 16.9. The Labute approximate surface area is 160 Å². The van der Waals surface area contributed by atoms with Crippen molar-refractivity contribution in [2.45, 2.75) is 31.7 Å². The highest BCUT2D eigenvalue weighted by atomic mass is 127. The maximum absolute atomic E-state index is 4.29. The third kappa shape index (κ3) is 4.46. The van der Waals surface area contributed by atoms with Crippen LogP contribution in [0.15, 0.2) is 35.6 Å². The molecule has 1 atom stereocenters. The first-order chi connectivity index (χ1) is 11.3. The van der Waals surface area contributed by atoms with Gasteiger partial charge in [0.15, 0.2) is 5.96 Å². The number of nitrogens with zero attached hydrogens (tertiary/aromatic N) is 4. The number of benzene rings is 1. The van der Waals surface area contributed by atoms with Crippen LogP contribution in [0.4, 0.5) is 0 Å². The quantitative estimate of drug-likeness (QED) is 0.435. The zero-order valence-electron chi connectivity index (χ0n) is 14.2. The van der Waals surface area contributed by atoms with Crippen molar-refractivity contribution >= 4 is 29.9 Å². The Hall–Kier alpha value is -1.64. The Bertz CT molecular complexity index is 681. The topological polar surface area (TPSA) is 67.1 Å². The van der Waals surface area contributed by atoms with E-state index >= 15 is 0 Å². The zero-order chi connectivity index (χ0) is 16.1. The van der Waals surface area contributed by atoms with Crippen molar-refractivity contribution in [2.24, 2.45) is 12.0 Å². The molecule has 0 amide bonds. The van der Waals surface area contributed by atoms with Gasteiger partial charge in [-0.2, -0.15) is 5.10 Å². The second-order valence-corrected chi connectivity index (χ2v) is 5.89. The van der Waals surface area contributed by atoms with Crippen molar-refractivity contribution in [3.8, 4) is 0 Å². The van der Waals surface area contributed by atoms with E-state index in [1.165, 1.54) is 30.4 Å². The minimum Gasteiger partial charge on any atom is -0.356 e. The first-order valence-corrected chi connectivity index (χ1v) is 8.13. The maximum Gasteiger partial charge on any atom is 0.191 e. The molecule has 0 spiro atoms. The standard InChI is InChI=1S/C17H24N6.HI/c1-18-17(20-11-16-21-12-22-23(16)2)19-10-14-8-5-7-13-6-3-4-9-15(13)14;/h3-4,6,9,12,14H,5,7-8,10-11H2,1-2H3,(H2,18,19,20);1H. The Kier molecular flexibility index (Phi) is 7.01. The highest BCUT2D eigenvalue weighted by Gasteiger charge is 2.19. The highest BCUT2D eigenvalue weighted by Crippen LogP contribution is 2.30. The van der Waals surface area contributed by atoms with Gasteiger partial charge in [0.2, 0.25) is 0 Å². The Morgan fingerprint density at radius 2 is 2.17 bits per heavy atom. The predicted octanol–water partition coefficient (Wildman–Crippen LogP) is 2.22. The summed E-state index contributed by atoms with van der Waals surface area (Å²) in [6, 6.07) is 8.79. The number of aromatic nitrogens is 3. The van der Waals surface area contributed by atoms with E-state index in [0.29, 0.717) is 12.5 Å². The average molecular weight is 440 g/mol. The fourth-order valence-electron chi connectivity index (χ4n) is 3.15. The van der Waals surface area contributed by atoms with Gasteiger partial charge in [-0.05, 0) is 30.4 Å². The molecular weight excluding hydrogens is 415 g/mol. The molecule has 0 bridgehead atoms. The summed E-state index contributed by atoms with van der Waals surface area (Å²) < 4.78 is 1.76. The van der Waals surface area contributed by atoms with E-state index in [0.717, 1.165) is 18.3 Å². The van der Waals surface area contributed by atoms with Crippen LogP contribution >= 0.6 is 24.0 Å². The van der Waals surface area contributed by atoms with Crippen molar-refractivity contribution in [3.05, 3.63) is 47.5 Å². The summed E-state index contributed by atoms with van der Waals surface area (Å²) in [5, 5.41) is 10.8. The van der Waals surface area contributed by atoms with E-state index in [1.54, 1.807) is 18.1 Å². The molecule has 7 heteroatoms. The molecule has 24 heavy (non-hydrogen) atoms. The summed E-state index contributed by atoms with van der Waals surface area (Å²) in [5.74, 6) is 2.24. The van der Waals surface area contributed by atoms with Crippen molar-refractivity contribution in [3.63, 3.8) is 0 Å². The molecule has 0 radical (unpaired) electrons. The smallest absolute Gasteiger partial charge is 0.191 e. The fraction of sp³-hybridized carbons (Fsp3) is 0.471. The van der Waals surface area contributed by atoms with Crippen molar-refractivity contribution < 1.29 is 0 Å². The summed E-state index contributed by atoms with van der Waals surface area (Å²) in [4.78, 5) is 8.50. The van der Waals surface area contributed by atoms with Gasteiger partial charge in [-0.15, -0.1) is 24.0 Å². The number of guanidine groups is 1. The van der Waals surface area contributed by atoms with Gasteiger partial charge in [0.1, 0.15) is 12.2 Å². The summed E-state index contributed by atoms with van der Waals surface area (Å²) in [6.07, 6.45) is 5.25. The first kappa shape index (κ1) is 18.7. The van der Waals surface area contributed by atoms with Crippen LogP contribution in [-0.2, 0) is 20.0 Å². The van der Waals surface area contributed by atoms with Crippen LogP contribution in [-0.4, -0.2) is 34.3 Å². The van der Waals surface area contributed by atoms with Crippen LogP contribution in [0.5, 0.6) is 0 Å². The van der Waals surface area contributed by atoms with E-state index < -0.39 is 0 Å². The number of halogens is 1. The molecule has 130 valence electrons. The number of hydrogen-bond donors (Lipinski definition) is 2. The molecule has 0 aliphatic heterocycles. The molecule has 1 heterocycles. The van der Waals surface area contributed by atoms with Gasteiger partial charge in [-0.1, -0.05) is 24.3 Å². The summed E-state index contributed by atoms with van der Waals surface area (Å²) in [7, 11) is 3.68. The molecule has 1 aromatic carbocycles. The SMILES string of the molecule is CN=C(NCc1ncnn1C)NCC1CCCc2ccccc21.I. The largest absolute Gasteiger partial charge is 0.356 e. The van der Waals surface area contributed by atoms with Crippen LogP contribution in [0.25, 0.3) is 0 Å². The van der Waals surface area contributed by atoms with Crippen molar-refractivity contribution in [1.82, 2.24) is 25.4 Å². The van der Waals surface area contributed by atoms with Gasteiger partial charge >= 0.3 is 0 Å². The third-order valence-electron chi connectivity index (χ3n) is 4.45. The molecule has 0 saturated carbocycles. The molecular formula is C17H25IN6. The van der Waals surface area contributed by atoms with Crippen LogP contribution in [0.2, 0.25) is 0 Å².